The smallest absolute Gasteiger partial charge is 0.306 e. The molecule has 0 aromatic rings. The number of carbonyl (C=O) groups excluding carboxylic acids is 2. The van der Waals surface area contributed by atoms with E-state index in [9.17, 15) is 14.7 Å². The lowest BCUT2D eigenvalue weighted by molar-refractivity contribution is -0.164. The molecule has 0 bridgehead atoms. The van der Waals surface area contributed by atoms with Crippen LogP contribution < -0.4 is 0 Å². The molecule has 3 unspecified atom stereocenters. The normalized spacial score (nSPS) is 12.9. The van der Waals surface area contributed by atoms with E-state index >= 15 is 0 Å². The molecule has 0 saturated carbocycles. The second-order valence-corrected chi connectivity index (χ2v) is 13.9. The fraction of sp³-hybridized carbons (Fsp3) is 0.897. The van der Waals surface area contributed by atoms with Crippen LogP contribution in [0.15, 0.2) is 12.2 Å². The van der Waals surface area contributed by atoms with Crippen molar-refractivity contribution in [2.75, 3.05) is 6.61 Å². The van der Waals surface area contributed by atoms with Crippen molar-refractivity contribution in [3.63, 3.8) is 0 Å². The maximum absolute atomic E-state index is 12.3. The highest BCUT2D eigenvalue weighted by Crippen LogP contribution is 2.17. The predicted octanol–water partition coefficient (Wildman–Crippen LogP) is 11.9. The number of allylic oxidation sites excluding steroid dienone is 2. The minimum atomic E-state index is -0.837. The largest absolute Gasteiger partial charge is 0.456 e. The molecule has 0 aliphatic carbocycles. The van der Waals surface area contributed by atoms with Crippen molar-refractivity contribution in [2.45, 2.75) is 218 Å². The number of ether oxygens (including phenoxy) is 2. The van der Waals surface area contributed by atoms with Crippen molar-refractivity contribution in [1.82, 2.24) is 0 Å². The van der Waals surface area contributed by atoms with Gasteiger partial charge >= 0.3 is 11.9 Å². The molecule has 266 valence electrons. The Balaban J connectivity index is 3.66. The van der Waals surface area contributed by atoms with Gasteiger partial charge in [0.05, 0.1) is 6.61 Å². The van der Waals surface area contributed by atoms with Crippen molar-refractivity contribution >= 4 is 21.2 Å². The fourth-order valence-corrected chi connectivity index (χ4v) is 6.06. The van der Waals surface area contributed by atoms with E-state index in [4.69, 9.17) is 9.47 Å². The molecule has 0 radical (unpaired) electrons. The number of carbonyl (C=O) groups is 2. The summed E-state index contributed by atoms with van der Waals surface area (Å²) in [6.45, 7) is 4.17. The van der Waals surface area contributed by atoms with Gasteiger partial charge in [0.1, 0.15) is 0 Å². The summed E-state index contributed by atoms with van der Waals surface area (Å²) in [5.41, 5.74) is 0. The van der Waals surface area contributed by atoms with E-state index in [1.807, 2.05) is 0 Å². The van der Waals surface area contributed by atoms with Crippen LogP contribution in [0.4, 0.5) is 0 Å². The first kappa shape index (κ1) is 44.1. The van der Waals surface area contributed by atoms with Crippen LogP contribution in [0.3, 0.4) is 0 Å². The van der Waals surface area contributed by atoms with Gasteiger partial charge in [-0.1, -0.05) is 176 Å². The first-order valence-electron chi connectivity index (χ1n) is 19.5. The second-order valence-electron chi connectivity index (χ2n) is 13.2. The van der Waals surface area contributed by atoms with Gasteiger partial charge in [0.25, 0.3) is 0 Å². The molecule has 0 spiro atoms. The zero-order valence-electron chi connectivity index (χ0n) is 29.9. The number of aliphatic hydroxyl groups is 1. The molecule has 0 aromatic heterocycles. The first-order valence-corrected chi connectivity index (χ1v) is 20.1. The van der Waals surface area contributed by atoms with Gasteiger partial charge in [0, 0.05) is 12.8 Å². The predicted molar refractivity (Wildman–Crippen MR) is 196 cm³/mol. The Hall–Kier alpha value is -0.930. The van der Waals surface area contributed by atoms with Crippen LogP contribution in [0.5, 0.6) is 0 Å². The molecule has 0 amide bonds. The maximum atomic E-state index is 12.3. The molecular formula is C39H75O5P. The van der Waals surface area contributed by atoms with Crippen LogP contribution in [0.25, 0.3) is 0 Å². The van der Waals surface area contributed by atoms with Crippen LogP contribution in [0.1, 0.15) is 206 Å². The maximum Gasteiger partial charge on any atom is 0.306 e. The zero-order chi connectivity index (χ0) is 33.1. The lowest BCUT2D eigenvalue weighted by atomic mass is 10.0. The standard InChI is InChI=1S/C39H75O5P/c1-3-5-7-9-11-13-15-17-19-21-23-25-27-29-31-33-37(41)43-36(35-40)39(45)44-38(42)34-32-30-28-26-24-22-20-18-16-14-12-10-8-6-4-2/h17,19,36,39-40H,3-16,18,20-35,45H2,1-2H3. The summed E-state index contributed by atoms with van der Waals surface area (Å²) < 4.78 is 10.9. The summed E-state index contributed by atoms with van der Waals surface area (Å²) >= 11 is 0. The number of rotatable bonds is 35. The highest BCUT2D eigenvalue weighted by atomic mass is 31.0. The molecule has 6 heteroatoms. The molecule has 45 heavy (non-hydrogen) atoms. The summed E-state index contributed by atoms with van der Waals surface area (Å²) in [5.74, 6) is -1.36. The molecule has 0 aliphatic heterocycles. The Labute approximate surface area is 282 Å². The minimum Gasteiger partial charge on any atom is -0.456 e. The molecule has 0 rings (SSSR count). The number of unbranched alkanes of at least 4 members (excludes halogenated alkanes) is 25. The van der Waals surface area contributed by atoms with Crippen molar-refractivity contribution in [3.05, 3.63) is 12.2 Å². The van der Waals surface area contributed by atoms with Gasteiger partial charge in [-0.15, -0.1) is 0 Å². The van der Waals surface area contributed by atoms with Gasteiger partial charge in [-0.05, 0) is 38.5 Å². The summed E-state index contributed by atoms with van der Waals surface area (Å²) in [7, 11) is 2.40. The lowest BCUT2D eigenvalue weighted by Crippen LogP contribution is -2.34. The lowest BCUT2D eigenvalue weighted by Gasteiger charge is -2.22. The first-order chi connectivity index (χ1) is 22.0. The Bertz CT molecular complexity index is 668. The monoisotopic (exact) mass is 655 g/mol. The van der Waals surface area contributed by atoms with Crippen LogP contribution in [0.2, 0.25) is 0 Å². The highest BCUT2D eigenvalue weighted by Gasteiger charge is 2.24. The average Bonchev–Trinajstić information content (AvgIpc) is 3.03. The molecule has 5 nitrogen and oxygen atoms in total. The van der Waals surface area contributed by atoms with E-state index in [0.29, 0.717) is 12.8 Å². The van der Waals surface area contributed by atoms with Crippen molar-refractivity contribution in [3.8, 4) is 0 Å². The topological polar surface area (TPSA) is 72.8 Å². The highest BCUT2D eigenvalue weighted by molar-refractivity contribution is 7.17. The van der Waals surface area contributed by atoms with Crippen LogP contribution in [-0.4, -0.2) is 35.6 Å². The second kappa shape index (κ2) is 35.9. The van der Waals surface area contributed by atoms with Crippen molar-refractivity contribution < 1.29 is 24.2 Å². The molecule has 1 N–H and O–H groups in total. The summed E-state index contributed by atoms with van der Waals surface area (Å²) in [4.78, 5) is 24.5. The van der Waals surface area contributed by atoms with E-state index in [-0.39, 0.29) is 18.5 Å². The van der Waals surface area contributed by atoms with Crippen LogP contribution in [-0.2, 0) is 19.1 Å². The molecular weight excluding hydrogens is 579 g/mol. The molecule has 0 aromatic carbocycles. The van der Waals surface area contributed by atoms with Gasteiger partial charge in [-0.25, -0.2) is 0 Å². The molecule has 0 aliphatic rings. The Morgan fingerprint density at radius 1 is 0.511 bits per heavy atom. The van der Waals surface area contributed by atoms with E-state index < -0.39 is 11.9 Å². The van der Waals surface area contributed by atoms with Crippen LogP contribution in [0, 0.1) is 0 Å². The third-order valence-corrected chi connectivity index (χ3v) is 9.29. The Kier molecular flexibility index (Phi) is 35.2. The fourth-order valence-electron chi connectivity index (χ4n) is 5.70. The molecule has 0 fully saturated rings. The van der Waals surface area contributed by atoms with Crippen LogP contribution >= 0.6 is 9.24 Å². The molecule has 0 heterocycles. The number of aliphatic hydroxyl groups excluding tert-OH is 1. The van der Waals surface area contributed by atoms with E-state index in [1.54, 1.807) is 0 Å². The van der Waals surface area contributed by atoms with E-state index in [2.05, 4.69) is 35.2 Å². The van der Waals surface area contributed by atoms with Crippen molar-refractivity contribution in [1.29, 1.82) is 0 Å². The summed E-state index contributed by atoms with van der Waals surface area (Å²) in [6, 6.07) is 0. The number of esters is 2. The third-order valence-electron chi connectivity index (χ3n) is 8.72. The SMILES string of the molecule is CCCCCCCCC=CCCCCCCCC(=O)OC(CO)C(P)OC(=O)CCCCCCCCCCCCCCCCC. The quantitative estimate of drug-likeness (QED) is 0.0319. The van der Waals surface area contributed by atoms with Gasteiger partial charge in [0.15, 0.2) is 11.9 Å². The third kappa shape index (κ3) is 32.8. The Morgan fingerprint density at radius 2 is 0.822 bits per heavy atom. The number of hydrogen-bond donors (Lipinski definition) is 1. The summed E-state index contributed by atoms with van der Waals surface area (Å²) in [6.07, 6.45) is 39.5. The number of hydrogen-bond acceptors (Lipinski definition) is 5. The Morgan fingerprint density at radius 3 is 1.18 bits per heavy atom. The van der Waals surface area contributed by atoms with Gasteiger partial charge < -0.3 is 14.6 Å². The molecule has 3 atom stereocenters. The van der Waals surface area contributed by atoms with Crippen molar-refractivity contribution in [2.24, 2.45) is 0 Å². The van der Waals surface area contributed by atoms with E-state index in [1.165, 1.54) is 135 Å². The van der Waals surface area contributed by atoms with Gasteiger partial charge in [-0.2, -0.15) is 0 Å². The van der Waals surface area contributed by atoms with E-state index in [0.717, 1.165) is 44.9 Å². The average molecular weight is 655 g/mol. The minimum absolute atomic E-state index is 0.295. The van der Waals surface area contributed by atoms with Gasteiger partial charge in [-0.3, -0.25) is 9.59 Å². The summed E-state index contributed by atoms with van der Waals surface area (Å²) in [5, 5.41) is 9.69. The zero-order valence-corrected chi connectivity index (χ0v) is 31.0. The molecule has 0 saturated heterocycles. The van der Waals surface area contributed by atoms with Gasteiger partial charge in [0.2, 0.25) is 0 Å².